The number of hydrogen-bond donors (Lipinski definition) is 1. The van der Waals surface area contributed by atoms with Crippen LogP contribution in [0.5, 0.6) is 0 Å². The topological polar surface area (TPSA) is 82.6 Å². The standard InChI is InChI=1S/C20H28N4O3/c1-3-15-7-10-20(11-8-15)18(26)24(19(27)22-20)14-17(25)23(2)13-9-16-6-4-5-12-21-16/h4-6,12,15H,3,7-11,13-14H2,1-2H3,(H,22,27). The zero-order chi connectivity index (χ0) is 19.4. The Morgan fingerprint density at radius 3 is 2.70 bits per heavy atom. The van der Waals surface area contributed by atoms with Gasteiger partial charge in [-0.15, -0.1) is 0 Å². The first-order valence-corrected chi connectivity index (χ1v) is 9.73. The van der Waals surface area contributed by atoms with E-state index in [1.165, 1.54) is 0 Å². The summed E-state index contributed by atoms with van der Waals surface area (Å²) >= 11 is 0. The van der Waals surface area contributed by atoms with Crippen molar-refractivity contribution in [1.82, 2.24) is 20.1 Å². The average molecular weight is 372 g/mol. The van der Waals surface area contributed by atoms with Crippen molar-refractivity contribution < 1.29 is 14.4 Å². The van der Waals surface area contributed by atoms with Crippen LogP contribution in [0.15, 0.2) is 24.4 Å². The van der Waals surface area contributed by atoms with E-state index in [0.29, 0.717) is 31.7 Å². The van der Waals surface area contributed by atoms with E-state index in [1.54, 1.807) is 18.1 Å². The third kappa shape index (κ3) is 4.12. The molecule has 2 heterocycles. The molecule has 1 spiro atoms. The second kappa shape index (κ2) is 8.06. The van der Waals surface area contributed by atoms with Gasteiger partial charge in [-0.3, -0.25) is 19.5 Å². The van der Waals surface area contributed by atoms with Gasteiger partial charge in [0.1, 0.15) is 12.1 Å². The largest absolute Gasteiger partial charge is 0.344 e. The molecule has 27 heavy (non-hydrogen) atoms. The minimum absolute atomic E-state index is 0.206. The maximum Gasteiger partial charge on any atom is 0.325 e. The van der Waals surface area contributed by atoms with Crippen molar-refractivity contribution >= 4 is 17.8 Å². The minimum Gasteiger partial charge on any atom is -0.344 e. The summed E-state index contributed by atoms with van der Waals surface area (Å²) in [6.45, 7) is 2.44. The van der Waals surface area contributed by atoms with Gasteiger partial charge < -0.3 is 10.2 Å². The van der Waals surface area contributed by atoms with E-state index in [0.717, 1.165) is 29.9 Å². The fourth-order valence-corrected chi connectivity index (χ4v) is 3.95. The number of nitrogens with one attached hydrogen (secondary N) is 1. The quantitative estimate of drug-likeness (QED) is 0.774. The number of pyridine rings is 1. The van der Waals surface area contributed by atoms with E-state index in [9.17, 15) is 14.4 Å². The first kappa shape index (κ1) is 19.3. The summed E-state index contributed by atoms with van der Waals surface area (Å²) in [5.74, 6) is 0.135. The lowest BCUT2D eigenvalue weighted by molar-refractivity contribution is -0.139. The molecule has 0 radical (unpaired) electrons. The van der Waals surface area contributed by atoms with E-state index in [-0.39, 0.29) is 18.4 Å². The molecule has 0 unspecified atom stereocenters. The molecule has 1 saturated carbocycles. The van der Waals surface area contributed by atoms with Gasteiger partial charge in [0.15, 0.2) is 0 Å². The third-order valence-electron chi connectivity index (χ3n) is 5.93. The number of carbonyl (C=O) groups is 3. The molecule has 146 valence electrons. The number of carbonyl (C=O) groups excluding carboxylic acids is 3. The Balaban J connectivity index is 1.56. The van der Waals surface area contributed by atoms with Crippen LogP contribution in [0.4, 0.5) is 4.79 Å². The Labute approximate surface area is 160 Å². The summed E-state index contributed by atoms with van der Waals surface area (Å²) in [6.07, 6.45) is 6.65. The summed E-state index contributed by atoms with van der Waals surface area (Å²) in [4.78, 5) is 44.6. The number of nitrogens with zero attached hydrogens (tertiary/aromatic N) is 3. The minimum atomic E-state index is -0.796. The van der Waals surface area contributed by atoms with Crippen molar-refractivity contribution in [2.45, 2.75) is 51.0 Å². The molecule has 3 rings (SSSR count). The number of hydrogen-bond acceptors (Lipinski definition) is 4. The fourth-order valence-electron chi connectivity index (χ4n) is 3.95. The lowest BCUT2D eigenvalue weighted by Crippen LogP contribution is -2.50. The highest BCUT2D eigenvalue weighted by molar-refractivity contribution is 6.09. The van der Waals surface area contributed by atoms with Gasteiger partial charge in [0.2, 0.25) is 5.91 Å². The SMILES string of the molecule is CCC1CCC2(CC1)NC(=O)N(CC(=O)N(C)CCc1ccccn1)C2=O. The predicted octanol–water partition coefficient (Wildman–Crippen LogP) is 1.97. The van der Waals surface area contributed by atoms with E-state index in [1.807, 2.05) is 18.2 Å². The molecule has 1 aliphatic carbocycles. The average Bonchev–Trinajstić information content (AvgIpc) is 2.91. The van der Waals surface area contributed by atoms with Crippen LogP contribution >= 0.6 is 0 Å². The van der Waals surface area contributed by atoms with Gasteiger partial charge in [0.05, 0.1) is 0 Å². The summed E-state index contributed by atoms with van der Waals surface area (Å²) in [7, 11) is 1.69. The maximum atomic E-state index is 12.9. The predicted molar refractivity (Wildman–Crippen MR) is 101 cm³/mol. The van der Waals surface area contributed by atoms with Gasteiger partial charge in [-0.1, -0.05) is 19.4 Å². The fraction of sp³-hybridized carbons (Fsp3) is 0.600. The number of rotatable bonds is 6. The van der Waals surface area contributed by atoms with Crippen LogP contribution < -0.4 is 5.32 Å². The van der Waals surface area contributed by atoms with Crippen molar-refractivity contribution in [2.24, 2.45) is 5.92 Å². The van der Waals surface area contributed by atoms with Crippen LogP contribution in [0.3, 0.4) is 0 Å². The molecule has 1 aromatic rings. The van der Waals surface area contributed by atoms with Crippen LogP contribution in [0.1, 0.15) is 44.7 Å². The van der Waals surface area contributed by atoms with Crippen LogP contribution in [0.2, 0.25) is 0 Å². The van der Waals surface area contributed by atoms with Gasteiger partial charge in [-0.2, -0.15) is 0 Å². The van der Waals surface area contributed by atoms with Crippen molar-refractivity contribution in [3.05, 3.63) is 30.1 Å². The first-order valence-electron chi connectivity index (χ1n) is 9.73. The normalized spacial score (nSPS) is 25.0. The summed E-state index contributed by atoms with van der Waals surface area (Å²) < 4.78 is 0. The molecule has 0 aromatic carbocycles. The Hall–Kier alpha value is -2.44. The Kier molecular flexibility index (Phi) is 5.77. The van der Waals surface area contributed by atoms with E-state index in [4.69, 9.17) is 0 Å². The molecule has 1 aromatic heterocycles. The van der Waals surface area contributed by atoms with E-state index < -0.39 is 11.6 Å². The zero-order valence-electron chi connectivity index (χ0n) is 16.1. The third-order valence-corrected chi connectivity index (χ3v) is 5.93. The molecule has 4 amide bonds. The molecule has 1 aliphatic heterocycles. The molecule has 7 nitrogen and oxygen atoms in total. The summed E-state index contributed by atoms with van der Waals surface area (Å²) in [5, 5.41) is 2.87. The number of likely N-dealkylation sites (N-methyl/N-ethyl adjacent to an activating group) is 1. The molecule has 7 heteroatoms. The number of aromatic nitrogens is 1. The second-order valence-corrected chi connectivity index (χ2v) is 7.64. The summed E-state index contributed by atoms with van der Waals surface area (Å²) in [6, 6.07) is 5.22. The molecule has 2 fully saturated rings. The van der Waals surface area contributed by atoms with Gasteiger partial charge in [-0.25, -0.2) is 4.79 Å². The van der Waals surface area contributed by atoms with Crippen LogP contribution in [0, 0.1) is 5.92 Å². The molecule has 0 bridgehead atoms. The van der Waals surface area contributed by atoms with E-state index in [2.05, 4.69) is 17.2 Å². The zero-order valence-corrected chi connectivity index (χ0v) is 16.1. The monoisotopic (exact) mass is 372 g/mol. The maximum absolute atomic E-state index is 12.9. The van der Waals surface area contributed by atoms with Crippen molar-refractivity contribution in [3.8, 4) is 0 Å². The lowest BCUT2D eigenvalue weighted by Gasteiger charge is -2.34. The molecule has 0 atom stereocenters. The highest BCUT2D eigenvalue weighted by Crippen LogP contribution is 2.37. The van der Waals surface area contributed by atoms with Crippen LogP contribution in [-0.2, 0) is 16.0 Å². The second-order valence-electron chi connectivity index (χ2n) is 7.64. The molecule has 2 aliphatic rings. The van der Waals surface area contributed by atoms with Gasteiger partial charge >= 0.3 is 6.03 Å². The molecule has 1 N–H and O–H groups in total. The first-order chi connectivity index (χ1) is 12.9. The number of imide groups is 1. The summed E-state index contributed by atoms with van der Waals surface area (Å²) in [5.41, 5.74) is 0.106. The van der Waals surface area contributed by atoms with Gasteiger partial charge in [0, 0.05) is 31.9 Å². The Morgan fingerprint density at radius 1 is 1.33 bits per heavy atom. The molecular formula is C20H28N4O3. The number of amides is 4. The smallest absolute Gasteiger partial charge is 0.325 e. The van der Waals surface area contributed by atoms with Gasteiger partial charge in [-0.05, 0) is 43.7 Å². The van der Waals surface area contributed by atoms with Crippen molar-refractivity contribution in [3.63, 3.8) is 0 Å². The Morgan fingerprint density at radius 2 is 2.07 bits per heavy atom. The van der Waals surface area contributed by atoms with Crippen LogP contribution in [-0.4, -0.2) is 58.3 Å². The number of urea groups is 1. The van der Waals surface area contributed by atoms with Crippen LogP contribution in [0.25, 0.3) is 0 Å². The Bertz CT molecular complexity index is 698. The molecule has 1 saturated heterocycles. The van der Waals surface area contributed by atoms with Crippen molar-refractivity contribution in [2.75, 3.05) is 20.1 Å². The highest BCUT2D eigenvalue weighted by Gasteiger charge is 2.52. The van der Waals surface area contributed by atoms with Gasteiger partial charge in [0.25, 0.3) is 5.91 Å². The highest BCUT2D eigenvalue weighted by atomic mass is 16.2. The lowest BCUT2D eigenvalue weighted by atomic mass is 9.75. The van der Waals surface area contributed by atoms with Crippen molar-refractivity contribution in [1.29, 1.82) is 0 Å². The molecular weight excluding hydrogens is 344 g/mol. The van der Waals surface area contributed by atoms with E-state index >= 15 is 0 Å².